The molecular formula is C18H20N2OS. The van der Waals surface area contributed by atoms with E-state index in [1.165, 1.54) is 15.8 Å². The van der Waals surface area contributed by atoms with Crippen LogP contribution in [0.5, 0.6) is 5.75 Å². The Balaban J connectivity index is 1.70. The number of nitrogens with one attached hydrogen (secondary N) is 1. The summed E-state index contributed by atoms with van der Waals surface area (Å²) >= 11 is 1.97. The SMILES string of the molecule is COc1ccc(Cn2ccc3sc4c(c32)CCNCC4)cc1. The van der Waals surface area contributed by atoms with E-state index < -0.39 is 0 Å². The molecule has 0 bridgehead atoms. The highest BCUT2D eigenvalue weighted by Gasteiger charge is 2.17. The molecule has 2 aromatic heterocycles. The first-order valence-corrected chi connectivity index (χ1v) is 8.60. The van der Waals surface area contributed by atoms with Crippen molar-refractivity contribution < 1.29 is 4.74 Å². The summed E-state index contributed by atoms with van der Waals surface area (Å²) in [6, 6.07) is 10.6. The maximum Gasteiger partial charge on any atom is 0.118 e. The van der Waals surface area contributed by atoms with E-state index in [2.05, 4.69) is 34.3 Å². The van der Waals surface area contributed by atoms with Gasteiger partial charge < -0.3 is 14.6 Å². The van der Waals surface area contributed by atoms with Gasteiger partial charge in [-0.1, -0.05) is 12.1 Å². The van der Waals surface area contributed by atoms with Crippen LogP contribution in [0.25, 0.3) is 10.2 Å². The minimum absolute atomic E-state index is 0.914. The number of methoxy groups -OCH3 is 1. The van der Waals surface area contributed by atoms with E-state index in [4.69, 9.17) is 4.74 Å². The maximum absolute atomic E-state index is 5.24. The standard InChI is InChI=1S/C18H20N2OS/c1-21-14-4-2-13(3-5-14)12-20-11-8-17-18(20)15-6-9-19-10-7-16(15)22-17/h2-5,8,11,19H,6-7,9-10,12H2,1H3. The number of fused-ring (bicyclic) bond motifs is 3. The second-order valence-electron chi connectivity index (χ2n) is 5.76. The second-order valence-corrected chi connectivity index (χ2v) is 6.90. The summed E-state index contributed by atoms with van der Waals surface area (Å²) in [6.07, 6.45) is 4.53. The molecule has 3 aromatic rings. The summed E-state index contributed by atoms with van der Waals surface area (Å²) in [5, 5.41) is 3.50. The van der Waals surface area contributed by atoms with Gasteiger partial charge in [-0.25, -0.2) is 0 Å². The van der Waals surface area contributed by atoms with Gasteiger partial charge in [0.1, 0.15) is 5.75 Å². The molecule has 4 rings (SSSR count). The number of hydrogen-bond acceptors (Lipinski definition) is 3. The van der Waals surface area contributed by atoms with Crippen LogP contribution in [0.3, 0.4) is 0 Å². The lowest BCUT2D eigenvalue weighted by molar-refractivity contribution is 0.414. The molecule has 0 unspecified atom stereocenters. The fourth-order valence-electron chi connectivity index (χ4n) is 3.24. The average Bonchev–Trinajstić information content (AvgIpc) is 3.00. The molecule has 0 atom stereocenters. The number of ether oxygens (including phenoxy) is 1. The summed E-state index contributed by atoms with van der Waals surface area (Å²) in [4.78, 5) is 1.57. The van der Waals surface area contributed by atoms with Gasteiger partial charge in [0, 0.05) is 17.6 Å². The van der Waals surface area contributed by atoms with Gasteiger partial charge in [-0.3, -0.25) is 0 Å². The van der Waals surface area contributed by atoms with E-state index >= 15 is 0 Å². The molecule has 1 N–H and O–H groups in total. The van der Waals surface area contributed by atoms with Crippen molar-refractivity contribution in [2.75, 3.05) is 20.2 Å². The Bertz CT molecular complexity index is 785. The highest BCUT2D eigenvalue weighted by atomic mass is 32.1. The third-order valence-electron chi connectivity index (χ3n) is 4.37. The van der Waals surface area contributed by atoms with Crippen molar-refractivity contribution in [3.05, 3.63) is 52.5 Å². The number of aromatic nitrogens is 1. The monoisotopic (exact) mass is 312 g/mol. The van der Waals surface area contributed by atoms with Crippen LogP contribution in [-0.2, 0) is 19.4 Å². The van der Waals surface area contributed by atoms with Crippen molar-refractivity contribution in [2.45, 2.75) is 19.4 Å². The van der Waals surface area contributed by atoms with Crippen molar-refractivity contribution in [3.63, 3.8) is 0 Å². The van der Waals surface area contributed by atoms with Gasteiger partial charge in [0.25, 0.3) is 0 Å². The summed E-state index contributed by atoms with van der Waals surface area (Å²) in [5.74, 6) is 0.914. The van der Waals surface area contributed by atoms with Gasteiger partial charge in [-0.15, -0.1) is 11.3 Å². The maximum atomic E-state index is 5.24. The minimum Gasteiger partial charge on any atom is -0.497 e. The topological polar surface area (TPSA) is 26.2 Å². The summed E-state index contributed by atoms with van der Waals surface area (Å²) in [6.45, 7) is 3.12. The first-order chi connectivity index (χ1) is 10.8. The molecule has 0 radical (unpaired) electrons. The lowest BCUT2D eigenvalue weighted by atomic mass is 10.1. The smallest absolute Gasteiger partial charge is 0.118 e. The first kappa shape index (κ1) is 13.9. The molecule has 0 amide bonds. The molecule has 0 saturated heterocycles. The highest BCUT2D eigenvalue weighted by molar-refractivity contribution is 7.19. The summed E-state index contributed by atoms with van der Waals surface area (Å²) in [7, 11) is 1.71. The predicted molar refractivity (Wildman–Crippen MR) is 92.2 cm³/mol. The molecule has 4 heteroatoms. The van der Waals surface area contributed by atoms with Crippen LogP contribution < -0.4 is 10.1 Å². The van der Waals surface area contributed by atoms with Gasteiger partial charge in [0.2, 0.25) is 0 Å². The Hall–Kier alpha value is -1.78. The lowest BCUT2D eigenvalue weighted by Gasteiger charge is -2.08. The third-order valence-corrected chi connectivity index (χ3v) is 5.62. The van der Waals surface area contributed by atoms with E-state index in [-0.39, 0.29) is 0 Å². The summed E-state index contributed by atoms with van der Waals surface area (Å²) < 4.78 is 9.07. The Morgan fingerprint density at radius 2 is 1.95 bits per heavy atom. The van der Waals surface area contributed by atoms with Crippen molar-refractivity contribution in [1.29, 1.82) is 0 Å². The van der Waals surface area contributed by atoms with Crippen LogP contribution in [0.15, 0.2) is 36.5 Å². The van der Waals surface area contributed by atoms with Crippen LogP contribution in [0, 0.1) is 0 Å². The predicted octanol–water partition coefficient (Wildman–Crippen LogP) is 3.45. The van der Waals surface area contributed by atoms with Crippen molar-refractivity contribution in [2.24, 2.45) is 0 Å². The van der Waals surface area contributed by atoms with Crippen molar-refractivity contribution in [3.8, 4) is 5.75 Å². The van der Waals surface area contributed by atoms with Crippen LogP contribution in [0.4, 0.5) is 0 Å². The number of rotatable bonds is 3. The lowest BCUT2D eigenvalue weighted by Crippen LogP contribution is -2.16. The molecule has 1 aliphatic rings. The summed E-state index contributed by atoms with van der Waals surface area (Å²) in [5.41, 5.74) is 4.31. The molecule has 22 heavy (non-hydrogen) atoms. The molecule has 1 aliphatic heterocycles. The molecule has 0 saturated carbocycles. The van der Waals surface area contributed by atoms with Gasteiger partial charge in [0.05, 0.1) is 17.3 Å². The van der Waals surface area contributed by atoms with Crippen LogP contribution in [-0.4, -0.2) is 24.8 Å². The van der Waals surface area contributed by atoms with E-state index in [0.717, 1.165) is 38.2 Å². The van der Waals surface area contributed by atoms with Gasteiger partial charge in [-0.2, -0.15) is 0 Å². The van der Waals surface area contributed by atoms with Crippen LogP contribution in [0.2, 0.25) is 0 Å². The molecule has 0 fully saturated rings. The average molecular weight is 312 g/mol. The van der Waals surface area contributed by atoms with Gasteiger partial charge in [-0.05, 0) is 55.3 Å². The van der Waals surface area contributed by atoms with E-state index in [1.54, 1.807) is 17.6 Å². The van der Waals surface area contributed by atoms with Gasteiger partial charge >= 0.3 is 0 Å². The van der Waals surface area contributed by atoms with E-state index in [9.17, 15) is 0 Å². The Morgan fingerprint density at radius 3 is 2.77 bits per heavy atom. The Kier molecular flexibility index (Phi) is 3.64. The van der Waals surface area contributed by atoms with Crippen molar-refractivity contribution in [1.82, 2.24) is 9.88 Å². The van der Waals surface area contributed by atoms with Gasteiger partial charge in [0.15, 0.2) is 0 Å². The quantitative estimate of drug-likeness (QED) is 0.802. The molecule has 114 valence electrons. The minimum atomic E-state index is 0.914. The first-order valence-electron chi connectivity index (χ1n) is 7.78. The Morgan fingerprint density at radius 1 is 1.14 bits per heavy atom. The zero-order valence-corrected chi connectivity index (χ0v) is 13.6. The van der Waals surface area contributed by atoms with Crippen LogP contribution in [0.1, 0.15) is 16.0 Å². The number of nitrogens with zero attached hydrogens (tertiary/aromatic N) is 1. The third kappa shape index (κ3) is 2.42. The second kappa shape index (κ2) is 5.78. The Labute approximate surface area is 134 Å². The fourth-order valence-corrected chi connectivity index (χ4v) is 4.50. The number of benzene rings is 1. The van der Waals surface area contributed by atoms with Crippen LogP contribution >= 0.6 is 11.3 Å². The molecule has 0 spiro atoms. The largest absolute Gasteiger partial charge is 0.497 e. The number of hydrogen-bond donors (Lipinski definition) is 1. The molecule has 3 heterocycles. The zero-order valence-electron chi connectivity index (χ0n) is 12.8. The van der Waals surface area contributed by atoms with E-state index in [0.29, 0.717) is 0 Å². The normalized spacial score (nSPS) is 14.8. The molecular weight excluding hydrogens is 292 g/mol. The van der Waals surface area contributed by atoms with Crippen molar-refractivity contribution >= 4 is 21.6 Å². The highest BCUT2D eigenvalue weighted by Crippen LogP contribution is 2.34. The van der Waals surface area contributed by atoms with E-state index in [1.807, 2.05) is 23.5 Å². The molecule has 1 aromatic carbocycles. The molecule has 0 aliphatic carbocycles. The zero-order chi connectivity index (χ0) is 14.9. The molecule has 3 nitrogen and oxygen atoms in total. The fraction of sp³-hybridized carbons (Fsp3) is 0.333. The number of thiophene rings is 1.